The first-order valence-electron chi connectivity index (χ1n) is 8.12. The van der Waals surface area contributed by atoms with Gasteiger partial charge in [-0.2, -0.15) is 8.78 Å². The fraction of sp³-hybridized carbons (Fsp3) is 0.333. The minimum Gasteiger partial charge on any atom is -0.435 e. The minimum absolute atomic E-state index is 0.437. The first kappa shape index (κ1) is 16.8. The monoisotopic (exact) mass is 378 g/mol. The summed E-state index contributed by atoms with van der Waals surface area (Å²) in [6.07, 6.45) is 4.36. The molecule has 1 saturated carbocycles. The highest BCUT2D eigenvalue weighted by molar-refractivity contribution is 7.99. The van der Waals surface area contributed by atoms with Crippen LogP contribution in [0.25, 0.3) is 22.7 Å². The van der Waals surface area contributed by atoms with Gasteiger partial charge in [-0.15, -0.1) is 11.8 Å². The molecule has 1 aliphatic carbocycles. The van der Waals surface area contributed by atoms with E-state index in [1.165, 1.54) is 18.4 Å². The van der Waals surface area contributed by atoms with Gasteiger partial charge in [0.25, 0.3) is 5.76 Å². The van der Waals surface area contributed by atoms with Crippen LogP contribution in [0.15, 0.2) is 44.7 Å². The summed E-state index contributed by atoms with van der Waals surface area (Å²) in [5.41, 5.74) is 3.14. The Hall–Kier alpha value is -1.60. The lowest BCUT2D eigenvalue weighted by Crippen LogP contribution is -1.91. The van der Waals surface area contributed by atoms with E-state index in [9.17, 15) is 8.78 Å². The molecule has 2 aromatic heterocycles. The zero-order valence-corrected chi connectivity index (χ0v) is 15.2. The molecule has 0 bridgehead atoms. The molecule has 0 unspecified atom stereocenters. The van der Waals surface area contributed by atoms with Crippen LogP contribution in [-0.2, 0) is 0 Å². The lowest BCUT2D eigenvalue weighted by molar-refractivity contribution is 0.252. The number of hydrogen-bond acceptors (Lipinski definition) is 5. The van der Waals surface area contributed by atoms with E-state index >= 15 is 0 Å². The van der Waals surface area contributed by atoms with Gasteiger partial charge in [0.05, 0.1) is 0 Å². The molecule has 2 heterocycles. The van der Waals surface area contributed by atoms with E-state index in [-0.39, 0.29) is 0 Å². The average molecular weight is 378 g/mol. The van der Waals surface area contributed by atoms with E-state index in [2.05, 4.69) is 23.0 Å². The quantitative estimate of drug-likeness (QED) is 0.478. The Morgan fingerprint density at radius 2 is 2.12 bits per heavy atom. The summed E-state index contributed by atoms with van der Waals surface area (Å²) < 4.78 is 30.9. The largest absolute Gasteiger partial charge is 0.435 e. The third-order valence-electron chi connectivity index (χ3n) is 4.01. The number of benzene rings is 1. The number of halogens is 2. The zero-order valence-electron chi connectivity index (χ0n) is 13.5. The fourth-order valence-corrected chi connectivity index (χ4v) is 4.05. The fourth-order valence-electron chi connectivity index (χ4n) is 2.71. The summed E-state index contributed by atoms with van der Waals surface area (Å²) in [5, 5.41) is 0. The maximum absolute atomic E-state index is 12.5. The van der Waals surface area contributed by atoms with E-state index < -0.39 is 5.76 Å². The SMILES string of the molecule is CCSc1cc(C2CC2)cnc1-c1nc2cc(SC(F)F)ccc2o1. The number of alkyl halides is 2. The van der Waals surface area contributed by atoms with Crippen LogP contribution in [0.5, 0.6) is 0 Å². The second-order valence-corrected chi connectivity index (χ2v) is 8.22. The molecule has 7 heteroatoms. The van der Waals surface area contributed by atoms with Crippen molar-refractivity contribution in [2.24, 2.45) is 0 Å². The number of rotatable bonds is 6. The minimum atomic E-state index is -2.45. The number of oxazole rings is 1. The second kappa shape index (κ2) is 6.96. The summed E-state index contributed by atoms with van der Waals surface area (Å²) in [5.74, 6) is -0.450. The van der Waals surface area contributed by atoms with Crippen molar-refractivity contribution in [2.45, 2.75) is 41.2 Å². The third kappa shape index (κ3) is 3.67. The number of hydrogen-bond donors (Lipinski definition) is 0. The van der Waals surface area contributed by atoms with E-state index in [4.69, 9.17) is 4.42 Å². The molecular formula is C18H16F2N2OS2. The molecule has 0 spiro atoms. The maximum atomic E-state index is 12.5. The van der Waals surface area contributed by atoms with Crippen molar-refractivity contribution >= 4 is 34.6 Å². The van der Waals surface area contributed by atoms with Gasteiger partial charge in [0.1, 0.15) is 11.2 Å². The Morgan fingerprint density at radius 1 is 1.28 bits per heavy atom. The average Bonchev–Trinajstić information content (AvgIpc) is 3.34. The Bertz CT molecular complexity index is 909. The molecule has 1 aromatic carbocycles. The normalized spacial score (nSPS) is 14.6. The molecule has 1 aliphatic rings. The first-order valence-corrected chi connectivity index (χ1v) is 9.99. The number of aromatic nitrogens is 2. The van der Waals surface area contributed by atoms with Crippen LogP contribution in [-0.4, -0.2) is 21.5 Å². The Labute approximate surface area is 152 Å². The highest BCUT2D eigenvalue weighted by atomic mass is 32.2. The summed E-state index contributed by atoms with van der Waals surface area (Å²) in [7, 11) is 0. The molecule has 0 aliphatic heterocycles. The van der Waals surface area contributed by atoms with Crippen molar-refractivity contribution in [3.8, 4) is 11.6 Å². The zero-order chi connectivity index (χ0) is 17.4. The Balaban J connectivity index is 1.73. The lowest BCUT2D eigenvalue weighted by atomic mass is 10.2. The predicted molar refractivity (Wildman–Crippen MR) is 97.5 cm³/mol. The summed E-state index contributed by atoms with van der Waals surface area (Å²) in [4.78, 5) is 10.6. The topological polar surface area (TPSA) is 38.9 Å². The van der Waals surface area contributed by atoms with Crippen molar-refractivity contribution < 1.29 is 13.2 Å². The van der Waals surface area contributed by atoms with Gasteiger partial charge in [-0.25, -0.2) is 9.97 Å². The van der Waals surface area contributed by atoms with Crippen molar-refractivity contribution in [1.29, 1.82) is 0 Å². The Kier molecular flexibility index (Phi) is 4.69. The van der Waals surface area contributed by atoms with Crippen LogP contribution in [0.2, 0.25) is 0 Å². The summed E-state index contributed by atoms with van der Waals surface area (Å²) in [6.45, 7) is 2.10. The molecule has 0 atom stereocenters. The van der Waals surface area contributed by atoms with Crippen LogP contribution in [0.4, 0.5) is 8.78 Å². The van der Waals surface area contributed by atoms with Gasteiger partial charge in [0.15, 0.2) is 5.58 Å². The Morgan fingerprint density at radius 3 is 2.84 bits per heavy atom. The first-order chi connectivity index (χ1) is 12.1. The molecule has 0 saturated heterocycles. The van der Waals surface area contributed by atoms with Crippen molar-refractivity contribution in [2.75, 3.05) is 5.75 Å². The van der Waals surface area contributed by atoms with Crippen LogP contribution >= 0.6 is 23.5 Å². The van der Waals surface area contributed by atoms with Gasteiger partial charge in [-0.1, -0.05) is 18.7 Å². The van der Waals surface area contributed by atoms with E-state index in [0.717, 1.165) is 16.3 Å². The van der Waals surface area contributed by atoms with E-state index in [0.29, 0.717) is 39.6 Å². The lowest BCUT2D eigenvalue weighted by Gasteiger charge is -2.06. The molecule has 0 amide bonds. The van der Waals surface area contributed by atoms with E-state index in [1.54, 1.807) is 30.0 Å². The number of fused-ring (bicyclic) bond motifs is 1. The van der Waals surface area contributed by atoms with Crippen LogP contribution < -0.4 is 0 Å². The second-order valence-electron chi connectivity index (χ2n) is 5.85. The molecule has 130 valence electrons. The smallest absolute Gasteiger partial charge is 0.288 e. The van der Waals surface area contributed by atoms with Gasteiger partial charge >= 0.3 is 0 Å². The van der Waals surface area contributed by atoms with Gasteiger partial charge in [-0.3, -0.25) is 0 Å². The van der Waals surface area contributed by atoms with Crippen molar-refractivity contribution in [3.05, 3.63) is 36.0 Å². The standard InChI is InChI=1S/C18H16F2N2OS2/c1-2-24-15-7-11(10-3-4-10)9-21-16(15)17-22-13-8-12(25-18(19)20)5-6-14(13)23-17/h5-10,18H,2-4H2,1H3. The number of thioether (sulfide) groups is 2. The van der Waals surface area contributed by atoms with Gasteiger partial charge < -0.3 is 4.42 Å². The van der Waals surface area contributed by atoms with Gasteiger partial charge in [-0.05, 0) is 54.3 Å². The predicted octanol–water partition coefficient (Wildman–Crippen LogP) is 6.19. The molecule has 25 heavy (non-hydrogen) atoms. The molecular weight excluding hydrogens is 362 g/mol. The highest BCUT2D eigenvalue weighted by Gasteiger charge is 2.25. The highest BCUT2D eigenvalue weighted by Crippen LogP contribution is 2.42. The maximum Gasteiger partial charge on any atom is 0.288 e. The molecule has 3 aromatic rings. The molecule has 3 nitrogen and oxygen atoms in total. The molecule has 0 radical (unpaired) electrons. The molecule has 1 fully saturated rings. The summed E-state index contributed by atoms with van der Waals surface area (Å²) >= 11 is 2.22. The number of pyridine rings is 1. The van der Waals surface area contributed by atoms with Crippen LogP contribution in [0.1, 0.15) is 31.2 Å². The van der Waals surface area contributed by atoms with Gasteiger partial charge in [0, 0.05) is 16.0 Å². The van der Waals surface area contributed by atoms with Crippen LogP contribution in [0, 0.1) is 0 Å². The van der Waals surface area contributed by atoms with Crippen molar-refractivity contribution in [3.63, 3.8) is 0 Å². The van der Waals surface area contributed by atoms with Crippen molar-refractivity contribution in [1.82, 2.24) is 9.97 Å². The molecule has 0 N–H and O–H groups in total. The van der Waals surface area contributed by atoms with Crippen LogP contribution in [0.3, 0.4) is 0 Å². The van der Waals surface area contributed by atoms with E-state index in [1.807, 2.05) is 6.20 Å². The van der Waals surface area contributed by atoms with Gasteiger partial charge in [0.2, 0.25) is 5.89 Å². The summed E-state index contributed by atoms with van der Waals surface area (Å²) in [6, 6.07) is 7.12. The molecule has 4 rings (SSSR count). The number of nitrogens with zero attached hydrogens (tertiary/aromatic N) is 2. The third-order valence-corrected chi connectivity index (χ3v) is 5.62.